The van der Waals surface area contributed by atoms with Crippen LogP contribution in [0.3, 0.4) is 0 Å². The highest BCUT2D eigenvalue weighted by atomic mass is 19.4. The summed E-state index contributed by atoms with van der Waals surface area (Å²) in [6.07, 6.45) is -6.17. The van der Waals surface area contributed by atoms with E-state index in [1.807, 2.05) is 0 Å². The van der Waals surface area contributed by atoms with Crippen LogP contribution in [0.4, 0.5) is 13.2 Å². The number of hydrogen-bond acceptors (Lipinski definition) is 4. The fraction of sp³-hybridized carbons (Fsp3) is 0.333. The second kappa shape index (κ2) is 6.38. The summed E-state index contributed by atoms with van der Waals surface area (Å²) in [4.78, 5) is 20.9. The normalized spacial score (nSPS) is 12.8. The molecule has 110 valence electrons. The minimum Gasteiger partial charge on any atom is -0.479 e. The van der Waals surface area contributed by atoms with Gasteiger partial charge in [0.25, 0.3) is 0 Å². The Kier molecular flexibility index (Phi) is 5.09. The zero-order valence-corrected chi connectivity index (χ0v) is 10.1. The molecule has 1 atom stereocenters. The van der Waals surface area contributed by atoms with E-state index >= 15 is 0 Å². The van der Waals surface area contributed by atoms with Gasteiger partial charge in [-0.15, -0.1) is 13.2 Å². The lowest BCUT2D eigenvalue weighted by atomic mass is 10.0. The van der Waals surface area contributed by atoms with Crippen LogP contribution in [-0.4, -0.2) is 28.8 Å². The van der Waals surface area contributed by atoms with Gasteiger partial charge in [0.05, 0.1) is 0 Å². The maximum Gasteiger partial charge on any atom is 0.573 e. The molecule has 0 aromatic heterocycles. The predicted octanol–water partition coefficient (Wildman–Crippen LogP) is 1.83. The van der Waals surface area contributed by atoms with Gasteiger partial charge in [-0.1, -0.05) is 6.07 Å². The average molecular weight is 292 g/mol. The SMILES string of the molecule is O=CCCc1cc(OC(F)(F)F)cc(C(O)C(=O)O)c1. The third-order valence-electron chi connectivity index (χ3n) is 2.32. The molecule has 0 heterocycles. The summed E-state index contributed by atoms with van der Waals surface area (Å²) < 4.78 is 40.2. The highest BCUT2D eigenvalue weighted by Gasteiger charge is 2.31. The number of aliphatic hydroxyl groups excluding tert-OH is 1. The molecule has 1 unspecified atom stereocenters. The van der Waals surface area contributed by atoms with Gasteiger partial charge in [0.2, 0.25) is 0 Å². The molecule has 1 aromatic rings. The third-order valence-corrected chi connectivity index (χ3v) is 2.32. The molecule has 5 nitrogen and oxygen atoms in total. The Morgan fingerprint density at radius 2 is 2.00 bits per heavy atom. The van der Waals surface area contributed by atoms with E-state index < -0.39 is 24.2 Å². The van der Waals surface area contributed by atoms with Crippen LogP contribution in [0.25, 0.3) is 0 Å². The summed E-state index contributed by atoms with van der Waals surface area (Å²) in [7, 11) is 0. The maximum atomic E-state index is 12.2. The summed E-state index contributed by atoms with van der Waals surface area (Å²) in [6, 6.07) is 3.04. The standard InChI is InChI=1S/C12H11F3O5/c13-12(14,15)20-9-5-7(2-1-3-16)4-8(6-9)10(17)11(18)19/h3-6,10,17H,1-2H2,(H,18,19). The second-order valence-electron chi connectivity index (χ2n) is 3.90. The van der Waals surface area contributed by atoms with Crippen molar-refractivity contribution in [1.29, 1.82) is 0 Å². The predicted molar refractivity (Wildman–Crippen MR) is 60.1 cm³/mol. The molecular weight excluding hydrogens is 281 g/mol. The number of carboxylic acids is 1. The molecule has 0 aliphatic heterocycles. The first-order chi connectivity index (χ1) is 9.23. The van der Waals surface area contributed by atoms with Crippen LogP contribution < -0.4 is 4.74 Å². The second-order valence-corrected chi connectivity index (χ2v) is 3.90. The highest BCUT2D eigenvalue weighted by Crippen LogP contribution is 2.28. The molecule has 0 saturated heterocycles. The lowest BCUT2D eigenvalue weighted by Gasteiger charge is -2.13. The third kappa shape index (κ3) is 4.88. The number of aryl methyl sites for hydroxylation is 1. The Morgan fingerprint density at radius 1 is 1.35 bits per heavy atom. The molecule has 20 heavy (non-hydrogen) atoms. The topological polar surface area (TPSA) is 83.8 Å². The summed E-state index contributed by atoms with van der Waals surface area (Å²) in [5, 5.41) is 18.0. The van der Waals surface area contributed by atoms with Crippen LogP contribution in [0.1, 0.15) is 23.7 Å². The van der Waals surface area contributed by atoms with Crippen molar-refractivity contribution in [2.24, 2.45) is 0 Å². The molecule has 0 spiro atoms. The zero-order chi connectivity index (χ0) is 15.3. The molecule has 0 radical (unpaired) electrons. The number of carbonyl (C=O) groups is 2. The van der Waals surface area contributed by atoms with Gasteiger partial charge >= 0.3 is 12.3 Å². The Morgan fingerprint density at radius 3 is 2.50 bits per heavy atom. The molecule has 0 fully saturated rings. The van der Waals surface area contributed by atoms with Gasteiger partial charge in [0.1, 0.15) is 12.0 Å². The number of alkyl halides is 3. The van der Waals surface area contributed by atoms with Crippen molar-refractivity contribution in [1.82, 2.24) is 0 Å². The smallest absolute Gasteiger partial charge is 0.479 e. The van der Waals surface area contributed by atoms with Crippen molar-refractivity contribution in [2.75, 3.05) is 0 Å². The van der Waals surface area contributed by atoms with Gasteiger partial charge in [0.15, 0.2) is 6.10 Å². The molecule has 0 aliphatic carbocycles. The Hall–Kier alpha value is -2.09. The van der Waals surface area contributed by atoms with Gasteiger partial charge in [0, 0.05) is 6.42 Å². The number of ether oxygens (including phenoxy) is 1. The van der Waals surface area contributed by atoms with Crippen LogP contribution in [-0.2, 0) is 16.0 Å². The van der Waals surface area contributed by atoms with Gasteiger partial charge in [-0.25, -0.2) is 4.79 Å². The molecule has 0 aliphatic rings. The van der Waals surface area contributed by atoms with E-state index in [0.29, 0.717) is 6.29 Å². The first-order valence-corrected chi connectivity index (χ1v) is 5.47. The molecule has 2 N–H and O–H groups in total. The van der Waals surface area contributed by atoms with Gasteiger partial charge < -0.3 is 19.7 Å². The van der Waals surface area contributed by atoms with E-state index in [-0.39, 0.29) is 24.0 Å². The van der Waals surface area contributed by atoms with Crippen molar-refractivity contribution >= 4 is 12.3 Å². The van der Waals surface area contributed by atoms with E-state index in [4.69, 9.17) is 5.11 Å². The minimum absolute atomic E-state index is 0.0536. The van der Waals surface area contributed by atoms with Crippen molar-refractivity contribution in [3.8, 4) is 5.75 Å². The molecule has 0 saturated carbocycles. The summed E-state index contributed by atoms with van der Waals surface area (Å²) in [5.41, 5.74) is 0.00861. The largest absolute Gasteiger partial charge is 0.573 e. The Labute approximate surface area is 111 Å². The van der Waals surface area contributed by atoms with Gasteiger partial charge in [-0.3, -0.25) is 0 Å². The molecular formula is C12H11F3O5. The van der Waals surface area contributed by atoms with Crippen LogP contribution in [0.5, 0.6) is 5.75 Å². The van der Waals surface area contributed by atoms with Gasteiger partial charge in [-0.05, 0) is 29.7 Å². The summed E-state index contributed by atoms with van der Waals surface area (Å²) in [5.74, 6) is -2.24. The number of hydrogen-bond donors (Lipinski definition) is 2. The summed E-state index contributed by atoms with van der Waals surface area (Å²) in [6.45, 7) is 0. The molecule has 1 aromatic carbocycles. The molecule has 0 bridgehead atoms. The van der Waals surface area contributed by atoms with Crippen LogP contribution >= 0.6 is 0 Å². The Bertz CT molecular complexity index is 498. The lowest BCUT2D eigenvalue weighted by Crippen LogP contribution is -2.18. The average Bonchev–Trinajstić information content (AvgIpc) is 2.32. The monoisotopic (exact) mass is 292 g/mol. The quantitative estimate of drug-likeness (QED) is 0.781. The van der Waals surface area contributed by atoms with Gasteiger partial charge in [-0.2, -0.15) is 0 Å². The number of rotatable bonds is 6. The number of aldehydes is 1. The van der Waals surface area contributed by atoms with E-state index in [2.05, 4.69) is 4.74 Å². The fourth-order valence-corrected chi connectivity index (χ4v) is 1.55. The molecule has 0 amide bonds. The number of aliphatic carboxylic acids is 1. The van der Waals surface area contributed by atoms with E-state index in [1.54, 1.807) is 0 Å². The molecule has 1 rings (SSSR count). The number of carbonyl (C=O) groups excluding carboxylic acids is 1. The van der Waals surface area contributed by atoms with Crippen molar-refractivity contribution in [3.05, 3.63) is 29.3 Å². The lowest BCUT2D eigenvalue weighted by molar-refractivity contribution is -0.274. The first-order valence-electron chi connectivity index (χ1n) is 5.47. The minimum atomic E-state index is -4.94. The van der Waals surface area contributed by atoms with Crippen LogP contribution in [0.15, 0.2) is 18.2 Å². The number of benzene rings is 1. The fourth-order valence-electron chi connectivity index (χ4n) is 1.55. The van der Waals surface area contributed by atoms with Crippen molar-refractivity contribution in [3.63, 3.8) is 0 Å². The number of halogens is 3. The first kappa shape index (κ1) is 16.0. The van der Waals surface area contributed by atoms with E-state index in [1.165, 1.54) is 6.07 Å². The van der Waals surface area contributed by atoms with Crippen molar-refractivity contribution in [2.45, 2.75) is 25.3 Å². The highest BCUT2D eigenvalue weighted by molar-refractivity contribution is 5.74. The molecule has 8 heteroatoms. The number of carboxylic acid groups (broad SMARTS) is 1. The van der Waals surface area contributed by atoms with E-state index in [9.17, 15) is 27.9 Å². The van der Waals surface area contributed by atoms with Crippen molar-refractivity contribution < 1.29 is 37.7 Å². The maximum absolute atomic E-state index is 12.2. The van der Waals surface area contributed by atoms with Crippen LogP contribution in [0, 0.1) is 0 Å². The summed E-state index contributed by atoms with van der Waals surface area (Å²) >= 11 is 0. The Balaban J connectivity index is 3.13. The number of aliphatic hydroxyl groups is 1. The van der Waals surface area contributed by atoms with E-state index in [0.717, 1.165) is 12.1 Å². The zero-order valence-electron chi connectivity index (χ0n) is 10.1. The van der Waals surface area contributed by atoms with Crippen LogP contribution in [0.2, 0.25) is 0 Å².